The van der Waals surface area contributed by atoms with Crippen LogP contribution in [0.2, 0.25) is 10.0 Å². The van der Waals surface area contributed by atoms with E-state index in [9.17, 15) is 9.59 Å². The van der Waals surface area contributed by atoms with Gasteiger partial charge in [-0.05, 0) is 23.8 Å². The van der Waals surface area contributed by atoms with Crippen LogP contribution in [0.4, 0.5) is 5.13 Å². The molecule has 0 aliphatic heterocycles. The number of rotatable bonds is 7. The normalized spacial score (nSPS) is 10.4. The molecule has 150 valence electrons. The predicted octanol–water partition coefficient (Wildman–Crippen LogP) is 4.42. The Labute approximate surface area is 181 Å². The number of nitrogens with zero attached hydrogens (tertiary/aromatic N) is 1. The fourth-order valence-corrected chi connectivity index (χ4v) is 3.81. The van der Waals surface area contributed by atoms with E-state index in [-0.39, 0.29) is 12.5 Å². The standard InChI is InChI=1S/C20H17Cl2N3O3S/c1-28-16-8-3-2-6-14(16)19(27)23-11-17(26)25-20-24-10-13(29-20)9-12-5-4-7-15(21)18(12)22/h2-8,10H,9,11H2,1H3,(H,23,27)(H,24,25,26). The van der Waals surface area contributed by atoms with Crippen LogP contribution in [-0.4, -0.2) is 30.5 Å². The van der Waals surface area contributed by atoms with E-state index in [0.717, 1.165) is 10.4 Å². The second-order valence-corrected chi connectivity index (χ2v) is 7.85. The number of anilines is 1. The van der Waals surface area contributed by atoms with Gasteiger partial charge in [0.2, 0.25) is 5.91 Å². The number of ether oxygens (including phenoxy) is 1. The summed E-state index contributed by atoms with van der Waals surface area (Å²) in [5, 5.41) is 6.68. The zero-order chi connectivity index (χ0) is 20.8. The van der Waals surface area contributed by atoms with Crippen molar-refractivity contribution in [2.45, 2.75) is 6.42 Å². The number of halogens is 2. The summed E-state index contributed by atoms with van der Waals surface area (Å²) in [6, 6.07) is 12.2. The summed E-state index contributed by atoms with van der Waals surface area (Å²) in [5.41, 5.74) is 1.24. The van der Waals surface area contributed by atoms with Crippen LogP contribution in [-0.2, 0) is 11.2 Å². The Balaban J connectivity index is 1.55. The van der Waals surface area contributed by atoms with Crippen molar-refractivity contribution < 1.29 is 14.3 Å². The second-order valence-electron chi connectivity index (χ2n) is 5.95. The molecule has 0 fully saturated rings. The van der Waals surface area contributed by atoms with Gasteiger partial charge >= 0.3 is 0 Å². The van der Waals surface area contributed by atoms with Crippen molar-refractivity contribution in [1.29, 1.82) is 0 Å². The summed E-state index contributed by atoms with van der Waals surface area (Å²) in [4.78, 5) is 29.5. The molecule has 3 aromatic rings. The number of methoxy groups -OCH3 is 1. The van der Waals surface area contributed by atoms with Gasteiger partial charge in [0.25, 0.3) is 5.91 Å². The molecule has 0 saturated heterocycles. The molecule has 2 N–H and O–H groups in total. The van der Waals surface area contributed by atoms with Gasteiger partial charge in [-0.15, -0.1) is 11.3 Å². The van der Waals surface area contributed by atoms with E-state index in [4.69, 9.17) is 27.9 Å². The van der Waals surface area contributed by atoms with Gasteiger partial charge in [-0.3, -0.25) is 9.59 Å². The highest BCUT2D eigenvalue weighted by Crippen LogP contribution is 2.29. The minimum absolute atomic E-state index is 0.189. The maximum Gasteiger partial charge on any atom is 0.255 e. The molecule has 0 aliphatic carbocycles. The van der Waals surface area contributed by atoms with Crippen molar-refractivity contribution >= 4 is 51.5 Å². The molecule has 2 aromatic carbocycles. The zero-order valence-corrected chi connectivity index (χ0v) is 17.7. The van der Waals surface area contributed by atoms with Crippen molar-refractivity contribution in [2.24, 2.45) is 0 Å². The minimum atomic E-state index is -0.395. The van der Waals surface area contributed by atoms with Crippen LogP contribution in [0.5, 0.6) is 5.75 Å². The number of hydrogen-bond donors (Lipinski definition) is 2. The second kappa shape index (κ2) is 9.73. The van der Waals surface area contributed by atoms with E-state index in [1.54, 1.807) is 36.5 Å². The van der Waals surface area contributed by atoms with E-state index in [0.29, 0.717) is 32.9 Å². The number of aromatic nitrogens is 1. The van der Waals surface area contributed by atoms with Crippen LogP contribution >= 0.6 is 34.5 Å². The van der Waals surface area contributed by atoms with Crippen LogP contribution in [0, 0.1) is 0 Å². The highest BCUT2D eigenvalue weighted by atomic mass is 35.5. The fraction of sp³-hybridized carbons (Fsp3) is 0.150. The maximum atomic E-state index is 12.2. The third kappa shape index (κ3) is 5.47. The van der Waals surface area contributed by atoms with Gasteiger partial charge < -0.3 is 15.4 Å². The molecule has 0 radical (unpaired) electrons. The van der Waals surface area contributed by atoms with E-state index in [1.165, 1.54) is 18.4 Å². The number of para-hydroxylation sites is 1. The molecule has 0 saturated carbocycles. The first-order valence-corrected chi connectivity index (χ1v) is 10.1. The van der Waals surface area contributed by atoms with E-state index >= 15 is 0 Å². The van der Waals surface area contributed by atoms with Crippen molar-refractivity contribution in [3.8, 4) is 5.75 Å². The van der Waals surface area contributed by atoms with E-state index < -0.39 is 5.91 Å². The van der Waals surface area contributed by atoms with Gasteiger partial charge in [-0.25, -0.2) is 4.98 Å². The Kier molecular flexibility index (Phi) is 7.09. The van der Waals surface area contributed by atoms with Gasteiger partial charge in [-0.1, -0.05) is 47.5 Å². The number of amides is 2. The molecule has 0 bridgehead atoms. The third-order valence-corrected chi connectivity index (χ3v) is 5.73. The lowest BCUT2D eigenvalue weighted by Gasteiger charge is -2.08. The molecule has 0 atom stereocenters. The van der Waals surface area contributed by atoms with Crippen LogP contribution in [0.15, 0.2) is 48.7 Å². The summed E-state index contributed by atoms with van der Waals surface area (Å²) in [7, 11) is 1.48. The fourth-order valence-electron chi connectivity index (χ4n) is 2.57. The average Bonchev–Trinajstić information content (AvgIpc) is 3.16. The van der Waals surface area contributed by atoms with E-state index in [2.05, 4.69) is 15.6 Å². The SMILES string of the molecule is COc1ccccc1C(=O)NCC(=O)Nc1ncc(Cc2cccc(Cl)c2Cl)s1. The number of nitrogens with one attached hydrogen (secondary N) is 2. The number of carbonyl (C=O) groups is 2. The first kappa shape index (κ1) is 21.1. The molecule has 0 unspecified atom stereocenters. The zero-order valence-electron chi connectivity index (χ0n) is 15.4. The highest BCUT2D eigenvalue weighted by molar-refractivity contribution is 7.15. The van der Waals surface area contributed by atoms with Gasteiger partial charge in [-0.2, -0.15) is 0 Å². The molecular weight excluding hydrogens is 433 g/mol. The first-order chi connectivity index (χ1) is 14.0. The summed E-state index contributed by atoms with van der Waals surface area (Å²) < 4.78 is 5.15. The summed E-state index contributed by atoms with van der Waals surface area (Å²) in [6.45, 7) is -0.189. The Morgan fingerprint density at radius 2 is 1.93 bits per heavy atom. The van der Waals surface area contributed by atoms with E-state index in [1.807, 2.05) is 12.1 Å². The molecule has 9 heteroatoms. The lowest BCUT2D eigenvalue weighted by molar-refractivity contribution is -0.115. The number of thiazole rings is 1. The number of benzene rings is 2. The molecule has 0 aliphatic rings. The lowest BCUT2D eigenvalue weighted by atomic mass is 10.1. The van der Waals surface area contributed by atoms with Crippen LogP contribution in [0.1, 0.15) is 20.8 Å². The van der Waals surface area contributed by atoms with Gasteiger partial charge in [0.15, 0.2) is 5.13 Å². The molecule has 2 amide bonds. The smallest absolute Gasteiger partial charge is 0.255 e. The van der Waals surface area contributed by atoms with Gasteiger partial charge in [0, 0.05) is 17.5 Å². The molecule has 0 spiro atoms. The lowest BCUT2D eigenvalue weighted by Crippen LogP contribution is -2.33. The van der Waals surface area contributed by atoms with Crippen molar-refractivity contribution in [1.82, 2.24) is 10.3 Å². The average molecular weight is 450 g/mol. The topological polar surface area (TPSA) is 80.3 Å². The quantitative estimate of drug-likeness (QED) is 0.559. The molecular formula is C20H17Cl2N3O3S. The minimum Gasteiger partial charge on any atom is -0.496 e. The number of hydrogen-bond acceptors (Lipinski definition) is 5. The Hall–Kier alpha value is -2.61. The molecule has 1 heterocycles. The van der Waals surface area contributed by atoms with Crippen molar-refractivity contribution in [3.63, 3.8) is 0 Å². The van der Waals surface area contributed by atoms with Crippen LogP contribution in [0.3, 0.4) is 0 Å². The molecule has 3 rings (SSSR count). The molecule has 29 heavy (non-hydrogen) atoms. The molecule has 1 aromatic heterocycles. The maximum absolute atomic E-state index is 12.2. The highest BCUT2D eigenvalue weighted by Gasteiger charge is 2.14. The van der Waals surface area contributed by atoms with Crippen molar-refractivity contribution in [2.75, 3.05) is 19.0 Å². The monoisotopic (exact) mass is 449 g/mol. The Morgan fingerprint density at radius 3 is 2.72 bits per heavy atom. The molecule has 6 nitrogen and oxygen atoms in total. The summed E-state index contributed by atoms with van der Waals surface area (Å²) in [6.07, 6.45) is 2.22. The Morgan fingerprint density at radius 1 is 1.14 bits per heavy atom. The van der Waals surface area contributed by atoms with Crippen molar-refractivity contribution in [3.05, 3.63) is 74.7 Å². The third-order valence-electron chi connectivity index (χ3n) is 3.96. The predicted molar refractivity (Wildman–Crippen MR) is 115 cm³/mol. The van der Waals surface area contributed by atoms with Gasteiger partial charge in [0.05, 0.1) is 29.3 Å². The summed E-state index contributed by atoms with van der Waals surface area (Å²) >= 11 is 13.6. The largest absolute Gasteiger partial charge is 0.496 e. The van der Waals surface area contributed by atoms with Crippen LogP contribution < -0.4 is 15.4 Å². The first-order valence-electron chi connectivity index (χ1n) is 8.56. The van der Waals surface area contributed by atoms with Crippen LogP contribution in [0.25, 0.3) is 0 Å². The Bertz CT molecular complexity index is 1040. The van der Waals surface area contributed by atoms with Gasteiger partial charge in [0.1, 0.15) is 5.75 Å². The number of carbonyl (C=O) groups excluding carboxylic acids is 2. The summed E-state index contributed by atoms with van der Waals surface area (Å²) in [5.74, 6) is -0.336.